The van der Waals surface area contributed by atoms with Crippen LogP contribution in [0.25, 0.3) is 0 Å². The van der Waals surface area contributed by atoms with E-state index in [0.717, 1.165) is 38.6 Å². The predicted octanol–water partition coefficient (Wildman–Crippen LogP) is 3.84. The molecule has 1 unspecified atom stereocenters. The molecule has 0 bridgehead atoms. The van der Waals surface area contributed by atoms with Gasteiger partial charge in [0.2, 0.25) is 0 Å². The third kappa shape index (κ3) is 2.84. The number of hydrogen-bond acceptors (Lipinski definition) is 3. The summed E-state index contributed by atoms with van der Waals surface area (Å²) in [4.78, 5) is 28.8. The summed E-state index contributed by atoms with van der Waals surface area (Å²) < 4.78 is 0. The van der Waals surface area contributed by atoms with E-state index in [1.54, 1.807) is 0 Å². The van der Waals surface area contributed by atoms with Crippen LogP contribution in [-0.4, -0.2) is 29.3 Å². The second-order valence-corrected chi connectivity index (χ2v) is 6.76. The van der Waals surface area contributed by atoms with Crippen LogP contribution in [0.5, 0.6) is 0 Å². The van der Waals surface area contributed by atoms with Gasteiger partial charge in [-0.05, 0) is 49.8 Å². The Morgan fingerprint density at radius 3 is 2.42 bits per heavy atom. The lowest BCUT2D eigenvalue weighted by atomic mass is 9.99. The first-order valence-electron chi connectivity index (χ1n) is 8.72. The first-order valence-corrected chi connectivity index (χ1v) is 9.10. The van der Waals surface area contributed by atoms with Gasteiger partial charge in [-0.2, -0.15) is 0 Å². The summed E-state index contributed by atoms with van der Waals surface area (Å²) in [5.74, 6) is -0.712. The summed E-state index contributed by atoms with van der Waals surface area (Å²) in [6.07, 6.45) is 5.08. The quantitative estimate of drug-likeness (QED) is 0.778. The molecule has 24 heavy (non-hydrogen) atoms. The van der Waals surface area contributed by atoms with Crippen molar-refractivity contribution in [2.75, 3.05) is 11.4 Å². The fourth-order valence-electron chi connectivity index (χ4n) is 3.58. The van der Waals surface area contributed by atoms with E-state index in [0.29, 0.717) is 11.4 Å². The SMILES string of the molecule is CCc1ccc(N2C(=O)C(Cl)=C(N3CCCCC3CC)C2=O)cc1. The van der Waals surface area contributed by atoms with E-state index in [2.05, 4.69) is 13.8 Å². The van der Waals surface area contributed by atoms with Gasteiger partial charge in [-0.25, -0.2) is 4.90 Å². The summed E-state index contributed by atoms with van der Waals surface area (Å²) in [5.41, 5.74) is 2.13. The van der Waals surface area contributed by atoms with Crippen molar-refractivity contribution in [1.82, 2.24) is 4.90 Å². The number of piperidine rings is 1. The summed E-state index contributed by atoms with van der Waals surface area (Å²) in [7, 11) is 0. The number of nitrogens with zero attached hydrogens (tertiary/aromatic N) is 2. The van der Waals surface area contributed by atoms with E-state index < -0.39 is 5.91 Å². The molecule has 1 fully saturated rings. The lowest BCUT2D eigenvalue weighted by Gasteiger charge is -2.37. The van der Waals surface area contributed by atoms with E-state index in [1.807, 2.05) is 29.2 Å². The standard InChI is InChI=1S/C19H23ClN2O2/c1-3-13-8-10-15(11-9-13)22-18(23)16(20)17(19(22)24)21-12-6-5-7-14(21)4-2/h8-11,14H,3-7,12H2,1-2H3. The van der Waals surface area contributed by atoms with Crippen LogP contribution in [0.1, 0.15) is 45.1 Å². The van der Waals surface area contributed by atoms with Gasteiger partial charge in [-0.1, -0.05) is 37.6 Å². The number of carbonyl (C=O) groups excluding carboxylic acids is 2. The Bertz CT molecular complexity index is 681. The largest absolute Gasteiger partial charge is 0.363 e. The van der Waals surface area contributed by atoms with Crippen LogP contribution in [0, 0.1) is 0 Å². The molecule has 2 heterocycles. The van der Waals surface area contributed by atoms with Crippen molar-refractivity contribution in [2.45, 2.75) is 52.0 Å². The lowest BCUT2D eigenvalue weighted by Crippen LogP contribution is -2.42. The molecule has 0 N–H and O–H groups in total. The number of likely N-dealkylation sites (tertiary alicyclic amines) is 1. The first-order chi connectivity index (χ1) is 11.6. The third-order valence-corrected chi connectivity index (χ3v) is 5.33. The first kappa shape index (κ1) is 17.0. The second-order valence-electron chi connectivity index (χ2n) is 6.38. The highest BCUT2D eigenvalue weighted by Gasteiger charge is 2.43. The Kier molecular flexibility index (Phi) is 4.95. The zero-order valence-corrected chi connectivity index (χ0v) is 15.0. The molecular weight excluding hydrogens is 324 g/mol. The van der Waals surface area contributed by atoms with E-state index >= 15 is 0 Å². The van der Waals surface area contributed by atoms with Crippen LogP contribution >= 0.6 is 11.6 Å². The highest BCUT2D eigenvalue weighted by Crippen LogP contribution is 2.35. The maximum absolute atomic E-state index is 13.0. The number of halogens is 1. The monoisotopic (exact) mass is 346 g/mol. The highest BCUT2D eigenvalue weighted by atomic mass is 35.5. The summed E-state index contributed by atoms with van der Waals surface area (Å²) in [6.45, 7) is 4.96. The molecule has 5 heteroatoms. The van der Waals surface area contributed by atoms with Crippen molar-refractivity contribution in [3.05, 3.63) is 40.6 Å². The minimum atomic E-state index is -0.415. The Hall–Kier alpha value is -1.81. The zero-order chi connectivity index (χ0) is 17.3. The van der Waals surface area contributed by atoms with Crippen molar-refractivity contribution >= 4 is 29.1 Å². The van der Waals surface area contributed by atoms with Crippen molar-refractivity contribution < 1.29 is 9.59 Å². The zero-order valence-electron chi connectivity index (χ0n) is 14.2. The average Bonchev–Trinajstić information content (AvgIpc) is 2.84. The smallest absolute Gasteiger partial charge is 0.283 e. The molecule has 2 aliphatic heterocycles. The molecule has 2 amide bonds. The number of anilines is 1. The minimum absolute atomic E-state index is 0.0555. The average molecular weight is 347 g/mol. The molecule has 1 atom stereocenters. The van der Waals surface area contributed by atoms with E-state index in [4.69, 9.17) is 11.6 Å². The van der Waals surface area contributed by atoms with Crippen LogP contribution in [0.2, 0.25) is 0 Å². The number of imide groups is 1. The number of carbonyl (C=O) groups is 2. The summed E-state index contributed by atoms with van der Waals surface area (Å²) >= 11 is 6.31. The molecule has 0 saturated carbocycles. The van der Waals surface area contributed by atoms with Gasteiger partial charge in [0.15, 0.2) is 0 Å². The van der Waals surface area contributed by atoms with Gasteiger partial charge >= 0.3 is 0 Å². The maximum Gasteiger partial charge on any atom is 0.283 e. The molecule has 3 rings (SSSR count). The van der Waals surface area contributed by atoms with Crippen LogP contribution in [0.3, 0.4) is 0 Å². The molecule has 0 aliphatic carbocycles. The Balaban J connectivity index is 1.92. The second kappa shape index (κ2) is 6.98. The number of benzene rings is 1. The van der Waals surface area contributed by atoms with Crippen molar-refractivity contribution in [3.63, 3.8) is 0 Å². The maximum atomic E-state index is 13.0. The van der Waals surface area contributed by atoms with Gasteiger partial charge < -0.3 is 4.90 Å². The van der Waals surface area contributed by atoms with Gasteiger partial charge in [0.1, 0.15) is 10.7 Å². The Labute approximate surface area is 148 Å². The highest BCUT2D eigenvalue weighted by molar-refractivity contribution is 6.52. The molecule has 1 aromatic carbocycles. The molecule has 4 nitrogen and oxygen atoms in total. The lowest BCUT2D eigenvalue weighted by molar-refractivity contribution is -0.121. The van der Waals surface area contributed by atoms with Gasteiger partial charge in [0.05, 0.1) is 5.69 Å². The fourth-order valence-corrected chi connectivity index (χ4v) is 3.85. The molecule has 2 aliphatic rings. The molecule has 0 aromatic heterocycles. The van der Waals surface area contributed by atoms with Crippen molar-refractivity contribution in [1.29, 1.82) is 0 Å². The topological polar surface area (TPSA) is 40.6 Å². The van der Waals surface area contributed by atoms with Gasteiger partial charge in [-0.15, -0.1) is 0 Å². The van der Waals surface area contributed by atoms with E-state index in [9.17, 15) is 9.59 Å². The number of hydrogen-bond donors (Lipinski definition) is 0. The molecule has 128 valence electrons. The molecule has 0 radical (unpaired) electrons. The van der Waals surface area contributed by atoms with Crippen LogP contribution in [-0.2, 0) is 16.0 Å². The number of amides is 2. The summed E-state index contributed by atoms with van der Waals surface area (Å²) in [6, 6.07) is 7.79. The van der Waals surface area contributed by atoms with Crippen molar-refractivity contribution in [2.24, 2.45) is 0 Å². The predicted molar refractivity (Wildman–Crippen MR) is 95.8 cm³/mol. The third-order valence-electron chi connectivity index (χ3n) is 4.99. The minimum Gasteiger partial charge on any atom is -0.363 e. The Morgan fingerprint density at radius 2 is 1.79 bits per heavy atom. The van der Waals surface area contributed by atoms with Crippen molar-refractivity contribution in [3.8, 4) is 0 Å². The summed E-state index contributed by atoms with van der Waals surface area (Å²) in [5, 5.41) is 0.0555. The fraction of sp³-hybridized carbons (Fsp3) is 0.474. The van der Waals surface area contributed by atoms with Crippen LogP contribution in [0.15, 0.2) is 35.0 Å². The van der Waals surface area contributed by atoms with E-state index in [1.165, 1.54) is 10.5 Å². The number of rotatable bonds is 4. The molecule has 1 saturated heterocycles. The van der Waals surface area contributed by atoms with Gasteiger partial charge in [0.25, 0.3) is 11.8 Å². The molecule has 1 aromatic rings. The van der Waals surface area contributed by atoms with Gasteiger partial charge in [-0.3, -0.25) is 9.59 Å². The number of aryl methyl sites for hydroxylation is 1. The molecular formula is C19H23ClN2O2. The molecule has 0 spiro atoms. The van der Waals surface area contributed by atoms with Crippen LogP contribution in [0.4, 0.5) is 5.69 Å². The van der Waals surface area contributed by atoms with Crippen LogP contribution < -0.4 is 4.90 Å². The van der Waals surface area contributed by atoms with Gasteiger partial charge in [0, 0.05) is 12.6 Å². The normalized spacial score (nSPS) is 21.9. The van der Waals surface area contributed by atoms with E-state index in [-0.39, 0.29) is 17.0 Å². The Morgan fingerprint density at radius 1 is 1.08 bits per heavy atom.